The molecule has 7 heteroatoms. The number of nitrogens with one attached hydrogen (secondary N) is 1. The van der Waals surface area contributed by atoms with Gasteiger partial charge in [-0.05, 0) is 12.1 Å². The van der Waals surface area contributed by atoms with Crippen LogP contribution >= 0.6 is 0 Å². The molecule has 1 heterocycles. The highest BCUT2D eigenvalue weighted by Crippen LogP contribution is 2.23. The Kier molecular flexibility index (Phi) is 2.51. The van der Waals surface area contributed by atoms with Crippen LogP contribution in [0.4, 0.5) is 4.39 Å². The number of aromatic nitrogens is 2. The van der Waals surface area contributed by atoms with Crippen LogP contribution in [-0.4, -0.2) is 34.4 Å². The molecule has 6 nitrogen and oxygen atoms in total. The molecule has 0 aliphatic heterocycles. The number of carboxylic acids is 1. The summed E-state index contributed by atoms with van der Waals surface area (Å²) < 4.78 is 17.7. The van der Waals surface area contributed by atoms with E-state index in [2.05, 4.69) is 14.9 Å². The van der Waals surface area contributed by atoms with Gasteiger partial charge < -0.3 is 9.84 Å². The number of methoxy groups -OCH3 is 1. The van der Waals surface area contributed by atoms with Crippen molar-refractivity contribution in [3.05, 3.63) is 29.2 Å². The number of fused-ring (bicyclic) bond motifs is 1. The Morgan fingerprint density at radius 3 is 2.76 bits per heavy atom. The van der Waals surface area contributed by atoms with Crippen LogP contribution in [0.15, 0.2) is 12.1 Å². The number of esters is 1. The third-order valence-electron chi connectivity index (χ3n) is 2.24. The predicted octanol–water partition coefficient (Wildman–Crippen LogP) is 1.19. The summed E-state index contributed by atoms with van der Waals surface area (Å²) in [6.45, 7) is 0. The van der Waals surface area contributed by atoms with Gasteiger partial charge in [-0.1, -0.05) is 0 Å². The second-order valence-corrected chi connectivity index (χ2v) is 3.24. The van der Waals surface area contributed by atoms with E-state index in [0.717, 1.165) is 19.2 Å². The van der Waals surface area contributed by atoms with Crippen molar-refractivity contribution < 1.29 is 23.8 Å². The van der Waals surface area contributed by atoms with Gasteiger partial charge in [-0.15, -0.1) is 0 Å². The molecule has 0 saturated heterocycles. The van der Waals surface area contributed by atoms with Crippen molar-refractivity contribution >= 4 is 22.8 Å². The topological polar surface area (TPSA) is 92.3 Å². The van der Waals surface area contributed by atoms with Crippen molar-refractivity contribution in [2.45, 2.75) is 0 Å². The first kappa shape index (κ1) is 11.1. The number of carboxylic acid groups (broad SMARTS) is 1. The first-order valence-corrected chi connectivity index (χ1v) is 4.54. The molecule has 1 aromatic carbocycles. The number of carbonyl (C=O) groups excluding carboxylic acids is 1. The molecule has 0 unspecified atom stereocenters. The summed E-state index contributed by atoms with van der Waals surface area (Å²) >= 11 is 0. The number of benzene rings is 1. The molecule has 1 aromatic heterocycles. The number of H-pyrrole nitrogens is 1. The molecule has 2 rings (SSSR count). The molecule has 0 aliphatic carbocycles. The van der Waals surface area contributed by atoms with E-state index >= 15 is 0 Å². The van der Waals surface area contributed by atoms with E-state index in [1.54, 1.807) is 0 Å². The zero-order chi connectivity index (χ0) is 12.6. The summed E-state index contributed by atoms with van der Waals surface area (Å²) in [5.41, 5.74) is -0.392. The number of ether oxygens (including phenoxy) is 1. The maximum absolute atomic E-state index is 13.2. The smallest absolute Gasteiger partial charge is 0.357 e. The average Bonchev–Trinajstić information content (AvgIpc) is 2.70. The molecule has 88 valence electrons. The number of rotatable bonds is 2. The van der Waals surface area contributed by atoms with Gasteiger partial charge in [0.1, 0.15) is 5.82 Å². The highest BCUT2D eigenvalue weighted by atomic mass is 19.1. The predicted molar refractivity (Wildman–Crippen MR) is 54.4 cm³/mol. The molecule has 0 amide bonds. The number of nitrogens with zero attached hydrogens (tertiary/aromatic N) is 1. The summed E-state index contributed by atoms with van der Waals surface area (Å²) in [5, 5.41) is 14.8. The third-order valence-corrected chi connectivity index (χ3v) is 2.24. The first-order chi connectivity index (χ1) is 8.04. The molecule has 17 heavy (non-hydrogen) atoms. The van der Waals surface area contributed by atoms with Crippen molar-refractivity contribution in [1.82, 2.24) is 10.2 Å². The standard InChI is InChI=1S/C10H7FN2O4/c1-17-10(16)5-2-4(11)3-6-7(5)8(9(14)15)13-12-6/h2-3H,1H3,(H,12,13)(H,14,15). The molecular weight excluding hydrogens is 231 g/mol. The third kappa shape index (κ3) is 1.71. The Bertz CT molecular complexity index is 620. The lowest BCUT2D eigenvalue weighted by atomic mass is 10.1. The molecule has 0 spiro atoms. The highest BCUT2D eigenvalue weighted by Gasteiger charge is 2.21. The van der Waals surface area contributed by atoms with E-state index < -0.39 is 17.8 Å². The van der Waals surface area contributed by atoms with Gasteiger partial charge in [-0.3, -0.25) is 5.10 Å². The molecular formula is C10H7FN2O4. The fourth-order valence-corrected chi connectivity index (χ4v) is 1.55. The van der Waals surface area contributed by atoms with Crippen LogP contribution in [0.25, 0.3) is 10.9 Å². The highest BCUT2D eigenvalue weighted by molar-refractivity contribution is 6.11. The normalized spacial score (nSPS) is 10.5. The molecule has 2 N–H and O–H groups in total. The van der Waals surface area contributed by atoms with Crippen LogP contribution in [0.3, 0.4) is 0 Å². The van der Waals surface area contributed by atoms with Gasteiger partial charge in [0.05, 0.1) is 18.2 Å². The fraction of sp³-hybridized carbons (Fsp3) is 0.100. The zero-order valence-electron chi connectivity index (χ0n) is 8.65. The van der Waals surface area contributed by atoms with Gasteiger partial charge in [0.25, 0.3) is 0 Å². The fourth-order valence-electron chi connectivity index (χ4n) is 1.55. The number of hydrogen-bond donors (Lipinski definition) is 2. The van der Waals surface area contributed by atoms with Crippen LogP contribution in [0.2, 0.25) is 0 Å². The first-order valence-electron chi connectivity index (χ1n) is 4.54. The van der Waals surface area contributed by atoms with Crippen LogP contribution in [0.1, 0.15) is 20.8 Å². The second kappa shape index (κ2) is 3.85. The van der Waals surface area contributed by atoms with Crippen LogP contribution in [0.5, 0.6) is 0 Å². The average molecular weight is 238 g/mol. The summed E-state index contributed by atoms with van der Waals surface area (Å²) in [6.07, 6.45) is 0. The van der Waals surface area contributed by atoms with Crippen molar-refractivity contribution in [2.24, 2.45) is 0 Å². The minimum atomic E-state index is -1.31. The van der Waals surface area contributed by atoms with Crippen LogP contribution < -0.4 is 0 Å². The monoisotopic (exact) mass is 238 g/mol. The molecule has 0 bridgehead atoms. The summed E-state index contributed by atoms with van der Waals surface area (Å²) in [7, 11) is 1.12. The van der Waals surface area contributed by atoms with Gasteiger partial charge >= 0.3 is 11.9 Å². The zero-order valence-corrected chi connectivity index (χ0v) is 8.65. The van der Waals surface area contributed by atoms with Crippen molar-refractivity contribution in [3.63, 3.8) is 0 Å². The lowest BCUT2D eigenvalue weighted by Gasteiger charge is -2.01. The molecule has 2 aromatic rings. The minimum absolute atomic E-state index is 0.0331. The van der Waals surface area contributed by atoms with Gasteiger partial charge in [-0.25, -0.2) is 14.0 Å². The van der Waals surface area contributed by atoms with E-state index in [0.29, 0.717) is 0 Å². The lowest BCUT2D eigenvalue weighted by molar-refractivity contribution is 0.0602. The molecule has 0 fully saturated rings. The largest absolute Gasteiger partial charge is 0.476 e. The van der Waals surface area contributed by atoms with Crippen LogP contribution in [-0.2, 0) is 4.74 Å². The second-order valence-electron chi connectivity index (χ2n) is 3.24. The van der Waals surface area contributed by atoms with E-state index in [1.165, 1.54) is 0 Å². The number of hydrogen-bond acceptors (Lipinski definition) is 4. The molecule has 0 atom stereocenters. The summed E-state index contributed by atoms with van der Waals surface area (Å²) in [5.74, 6) is -2.81. The minimum Gasteiger partial charge on any atom is -0.476 e. The van der Waals surface area contributed by atoms with Gasteiger partial charge in [0, 0.05) is 5.39 Å². The number of aromatic carboxylic acids is 1. The Hall–Kier alpha value is -2.44. The maximum Gasteiger partial charge on any atom is 0.357 e. The number of carbonyl (C=O) groups is 2. The van der Waals surface area contributed by atoms with Crippen LogP contribution in [0, 0.1) is 5.82 Å². The van der Waals surface area contributed by atoms with Gasteiger partial charge in [0.2, 0.25) is 0 Å². The van der Waals surface area contributed by atoms with Crippen molar-refractivity contribution in [3.8, 4) is 0 Å². The summed E-state index contributed by atoms with van der Waals surface area (Å²) in [4.78, 5) is 22.3. The van der Waals surface area contributed by atoms with E-state index in [1.807, 2.05) is 0 Å². The molecule has 0 saturated carbocycles. The number of halogens is 1. The Labute approximate surface area is 94.0 Å². The molecule has 0 radical (unpaired) electrons. The van der Waals surface area contributed by atoms with E-state index in [9.17, 15) is 14.0 Å². The Morgan fingerprint density at radius 1 is 1.47 bits per heavy atom. The van der Waals surface area contributed by atoms with Gasteiger partial charge in [0.15, 0.2) is 5.69 Å². The molecule has 0 aliphatic rings. The summed E-state index contributed by atoms with van der Waals surface area (Å²) in [6, 6.07) is 1.97. The van der Waals surface area contributed by atoms with Gasteiger partial charge in [-0.2, -0.15) is 5.10 Å². The number of aromatic amines is 1. The Balaban J connectivity index is 2.83. The van der Waals surface area contributed by atoms with Crippen molar-refractivity contribution in [1.29, 1.82) is 0 Å². The quantitative estimate of drug-likeness (QED) is 0.766. The van der Waals surface area contributed by atoms with Crippen molar-refractivity contribution in [2.75, 3.05) is 7.11 Å². The Morgan fingerprint density at radius 2 is 2.18 bits per heavy atom. The maximum atomic E-state index is 13.2. The lowest BCUT2D eigenvalue weighted by Crippen LogP contribution is -2.05. The SMILES string of the molecule is COC(=O)c1cc(F)cc2[nH]nc(C(=O)O)c12. The van der Waals surface area contributed by atoms with E-state index in [4.69, 9.17) is 5.11 Å². The van der Waals surface area contributed by atoms with E-state index in [-0.39, 0.29) is 22.2 Å².